The molecule has 0 spiro atoms. The van der Waals surface area contributed by atoms with Gasteiger partial charge in [0.1, 0.15) is 11.9 Å². The molecule has 1 amide bonds. The highest BCUT2D eigenvalue weighted by molar-refractivity contribution is 7.08. The van der Waals surface area contributed by atoms with E-state index in [4.69, 9.17) is 4.74 Å². The topological polar surface area (TPSA) is 41.6 Å². The number of nitrogens with zero attached hydrogens (tertiary/aromatic N) is 1. The van der Waals surface area contributed by atoms with E-state index in [0.717, 1.165) is 29.0 Å². The zero-order valence-electron chi connectivity index (χ0n) is 14.5. The number of methoxy groups -OCH3 is 1. The van der Waals surface area contributed by atoms with Crippen molar-refractivity contribution in [1.82, 2.24) is 4.90 Å². The summed E-state index contributed by atoms with van der Waals surface area (Å²) in [5.74, 6) is 0.915. The molecule has 4 rings (SSSR count). The molecule has 3 aromatic rings. The molecule has 1 N–H and O–H groups in total. The van der Waals surface area contributed by atoms with E-state index in [9.17, 15) is 4.79 Å². The smallest absolute Gasteiger partial charge is 0.257 e. The largest absolute Gasteiger partial charge is 0.497 e. The summed E-state index contributed by atoms with van der Waals surface area (Å²) in [4.78, 5) is 15.0. The summed E-state index contributed by atoms with van der Waals surface area (Å²) >= 11 is 1.64. The average molecular weight is 364 g/mol. The SMILES string of the molecule is COc1ccc(CCN2C(=O)c3ccccc3NC2c2ccsc2)cc1. The van der Waals surface area contributed by atoms with E-state index >= 15 is 0 Å². The Morgan fingerprint density at radius 3 is 2.65 bits per heavy atom. The number of carbonyl (C=O) groups excluding carboxylic acids is 1. The Labute approximate surface area is 157 Å². The first kappa shape index (κ1) is 16.7. The standard InChI is InChI=1S/C21H20N2O2S/c1-25-17-8-6-15(7-9-17)10-12-23-20(16-11-13-26-14-16)22-19-5-3-2-4-18(19)21(23)24/h2-9,11,13-14,20,22H,10,12H2,1H3. The first-order valence-electron chi connectivity index (χ1n) is 8.58. The molecular formula is C21H20N2O2S. The molecule has 4 nitrogen and oxygen atoms in total. The van der Waals surface area contributed by atoms with E-state index in [1.54, 1.807) is 18.4 Å². The molecule has 2 heterocycles. The number of para-hydroxylation sites is 1. The number of hydrogen-bond donors (Lipinski definition) is 1. The second-order valence-corrected chi connectivity index (χ2v) is 7.03. The Morgan fingerprint density at radius 2 is 1.92 bits per heavy atom. The van der Waals surface area contributed by atoms with Gasteiger partial charge in [0.2, 0.25) is 0 Å². The minimum atomic E-state index is -0.137. The van der Waals surface area contributed by atoms with Crippen molar-refractivity contribution in [1.29, 1.82) is 0 Å². The first-order chi connectivity index (χ1) is 12.8. The van der Waals surface area contributed by atoms with Gasteiger partial charge in [-0.2, -0.15) is 11.3 Å². The second-order valence-electron chi connectivity index (χ2n) is 6.25. The second kappa shape index (κ2) is 7.22. The van der Waals surface area contributed by atoms with Gasteiger partial charge in [0, 0.05) is 17.8 Å². The molecule has 1 unspecified atom stereocenters. The molecular weight excluding hydrogens is 344 g/mol. The van der Waals surface area contributed by atoms with Crippen LogP contribution in [0.2, 0.25) is 0 Å². The van der Waals surface area contributed by atoms with Gasteiger partial charge in [0.25, 0.3) is 5.91 Å². The van der Waals surface area contributed by atoms with Crippen LogP contribution in [-0.4, -0.2) is 24.5 Å². The van der Waals surface area contributed by atoms with Gasteiger partial charge in [-0.15, -0.1) is 0 Å². The van der Waals surface area contributed by atoms with Crippen LogP contribution in [-0.2, 0) is 6.42 Å². The van der Waals surface area contributed by atoms with Crippen LogP contribution in [0.4, 0.5) is 5.69 Å². The van der Waals surface area contributed by atoms with Gasteiger partial charge in [-0.1, -0.05) is 24.3 Å². The van der Waals surface area contributed by atoms with Crippen LogP contribution < -0.4 is 10.1 Å². The van der Waals surface area contributed by atoms with Crippen LogP contribution >= 0.6 is 11.3 Å². The Balaban J connectivity index is 1.59. The fourth-order valence-corrected chi connectivity index (χ4v) is 3.94. The molecule has 0 fully saturated rings. The van der Waals surface area contributed by atoms with Gasteiger partial charge in [0.15, 0.2) is 0 Å². The number of fused-ring (bicyclic) bond motifs is 1. The maximum atomic E-state index is 13.1. The van der Waals surface area contributed by atoms with Gasteiger partial charge < -0.3 is 15.0 Å². The van der Waals surface area contributed by atoms with E-state index in [-0.39, 0.29) is 12.1 Å². The summed E-state index contributed by atoms with van der Waals surface area (Å²) in [7, 11) is 1.66. The van der Waals surface area contributed by atoms with Crippen molar-refractivity contribution in [2.75, 3.05) is 19.0 Å². The number of thiophene rings is 1. The van der Waals surface area contributed by atoms with Crippen molar-refractivity contribution in [3.8, 4) is 5.75 Å². The van der Waals surface area contributed by atoms with Gasteiger partial charge in [-0.3, -0.25) is 4.79 Å². The van der Waals surface area contributed by atoms with Gasteiger partial charge in [-0.25, -0.2) is 0 Å². The molecule has 26 heavy (non-hydrogen) atoms. The van der Waals surface area contributed by atoms with Crippen LogP contribution in [0.5, 0.6) is 5.75 Å². The summed E-state index contributed by atoms with van der Waals surface area (Å²) in [5, 5.41) is 7.67. The van der Waals surface area contributed by atoms with E-state index in [1.807, 2.05) is 58.8 Å². The molecule has 1 atom stereocenters. The predicted molar refractivity (Wildman–Crippen MR) is 105 cm³/mol. The zero-order valence-corrected chi connectivity index (χ0v) is 15.3. The molecule has 0 aliphatic carbocycles. The fraction of sp³-hybridized carbons (Fsp3) is 0.190. The third-order valence-electron chi connectivity index (χ3n) is 4.68. The summed E-state index contributed by atoms with van der Waals surface area (Å²) in [6.07, 6.45) is 0.655. The Morgan fingerprint density at radius 1 is 1.12 bits per heavy atom. The molecule has 1 aliphatic rings. The van der Waals surface area contributed by atoms with Crippen molar-refractivity contribution < 1.29 is 9.53 Å². The lowest BCUT2D eigenvalue weighted by molar-refractivity contribution is 0.0686. The third-order valence-corrected chi connectivity index (χ3v) is 5.38. The predicted octanol–water partition coefficient (Wildman–Crippen LogP) is 4.57. The minimum Gasteiger partial charge on any atom is -0.497 e. The number of anilines is 1. The molecule has 5 heteroatoms. The van der Waals surface area contributed by atoms with E-state index in [1.165, 1.54) is 5.56 Å². The Hall–Kier alpha value is -2.79. The highest BCUT2D eigenvalue weighted by Crippen LogP contribution is 2.33. The van der Waals surface area contributed by atoms with Crippen molar-refractivity contribution in [2.24, 2.45) is 0 Å². The molecule has 0 saturated carbocycles. The van der Waals surface area contributed by atoms with Crippen LogP contribution in [0, 0.1) is 0 Å². The Bertz CT molecular complexity index is 891. The number of rotatable bonds is 5. The summed E-state index contributed by atoms with van der Waals surface area (Å²) in [5.41, 5.74) is 3.93. The van der Waals surface area contributed by atoms with Crippen molar-refractivity contribution >= 4 is 22.9 Å². The van der Waals surface area contributed by atoms with Gasteiger partial charge >= 0.3 is 0 Å². The average Bonchev–Trinajstić information content (AvgIpc) is 3.22. The molecule has 1 aromatic heterocycles. The molecule has 0 bridgehead atoms. The van der Waals surface area contributed by atoms with Crippen LogP contribution in [0.1, 0.15) is 27.7 Å². The van der Waals surface area contributed by atoms with Crippen molar-refractivity contribution in [3.05, 3.63) is 82.0 Å². The van der Waals surface area contributed by atoms with Crippen LogP contribution in [0.3, 0.4) is 0 Å². The molecule has 2 aromatic carbocycles. The molecule has 0 radical (unpaired) electrons. The lowest BCUT2D eigenvalue weighted by Crippen LogP contribution is -2.43. The summed E-state index contributed by atoms with van der Waals surface area (Å²) in [6, 6.07) is 17.8. The molecule has 1 aliphatic heterocycles. The maximum absolute atomic E-state index is 13.1. The van der Waals surface area contributed by atoms with E-state index in [2.05, 4.69) is 16.8 Å². The monoisotopic (exact) mass is 364 g/mol. The van der Waals surface area contributed by atoms with Crippen molar-refractivity contribution in [3.63, 3.8) is 0 Å². The number of benzene rings is 2. The van der Waals surface area contributed by atoms with Crippen molar-refractivity contribution in [2.45, 2.75) is 12.6 Å². The quantitative estimate of drug-likeness (QED) is 0.721. The number of hydrogen-bond acceptors (Lipinski definition) is 4. The van der Waals surface area contributed by atoms with Gasteiger partial charge in [-0.05, 0) is 53.1 Å². The summed E-state index contributed by atoms with van der Waals surface area (Å²) < 4.78 is 5.21. The lowest BCUT2D eigenvalue weighted by atomic mass is 10.0. The highest BCUT2D eigenvalue weighted by atomic mass is 32.1. The zero-order chi connectivity index (χ0) is 17.9. The molecule has 132 valence electrons. The van der Waals surface area contributed by atoms with Gasteiger partial charge in [0.05, 0.1) is 12.7 Å². The third kappa shape index (κ3) is 3.18. The van der Waals surface area contributed by atoms with E-state index in [0.29, 0.717) is 6.54 Å². The Kier molecular flexibility index (Phi) is 4.63. The fourth-order valence-electron chi connectivity index (χ4n) is 3.26. The number of ether oxygens (including phenoxy) is 1. The number of carbonyl (C=O) groups is 1. The van der Waals surface area contributed by atoms with E-state index < -0.39 is 0 Å². The molecule has 0 saturated heterocycles. The normalized spacial score (nSPS) is 16.1. The van der Waals surface area contributed by atoms with Crippen LogP contribution in [0.15, 0.2) is 65.4 Å². The highest BCUT2D eigenvalue weighted by Gasteiger charge is 2.32. The number of nitrogens with one attached hydrogen (secondary N) is 1. The number of amides is 1. The maximum Gasteiger partial charge on any atom is 0.257 e. The minimum absolute atomic E-state index is 0.0732. The lowest BCUT2D eigenvalue weighted by Gasteiger charge is -2.37. The summed E-state index contributed by atoms with van der Waals surface area (Å²) in [6.45, 7) is 0.646. The first-order valence-corrected chi connectivity index (χ1v) is 9.52. The van der Waals surface area contributed by atoms with Crippen LogP contribution in [0.25, 0.3) is 0 Å².